The second-order valence-electron chi connectivity index (χ2n) is 6.19. The molecule has 7 heteroatoms. The number of anilines is 1. The Kier molecular flexibility index (Phi) is 5.80. The summed E-state index contributed by atoms with van der Waals surface area (Å²) in [5.41, 5.74) is 7.81. The molecule has 0 heterocycles. The zero-order chi connectivity index (χ0) is 20.8. The Balaban J connectivity index is 2.09. The van der Waals surface area contributed by atoms with E-state index in [9.17, 15) is 20.2 Å². The highest BCUT2D eigenvalue weighted by Crippen LogP contribution is 2.32. The number of nitro benzene ring substituents is 2. The van der Waals surface area contributed by atoms with Gasteiger partial charge >= 0.3 is 0 Å². The molecule has 2 N–H and O–H groups in total. The van der Waals surface area contributed by atoms with Crippen LogP contribution >= 0.6 is 0 Å². The van der Waals surface area contributed by atoms with E-state index < -0.39 is 9.85 Å². The van der Waals surface area contributed by atoms with E-state index in [0.717, 1.165) is 11.6 Å². The van der Waals surface area contributed by atoms with Gasteiger partial charge in [0.05, 0.1) is 27.0 Å². The van der Waals surface area contributed by atoms with Crippen LogP contribution in [0.1, 0.15) is 22.3 Å². The fourth-order valence-corrected chi connectivity index (χ4v) is 2.79. The van der Waals surface area contributed by atoms with Gasteiger partial charge < -0.3 is 5.73 Å². The monoisotopic (exact) mass is 387 g/mol. The lowest BCUT2D eigenvalue weighted by molar-refractivity contribution is -0.394. The second-order valence-corrected chi connectivity index (χ2v) is 6.19. The molecule has 3 aromatic rings. The Labute approximate surface area is 166 Å². The molecule has 0 aliphatic rings. The summed E-state index contributed by atoms with van der Waals surface area (Å²) in [4.78, 5) is 21.7. The van der Waals surface area contributed by atoms with Gasteiger partial charge in [0.25, 0.3) is 11.4 Å². The summed E-state index contributed by atoms with van der Waals surface area (Å²) in [5, 5.41) is 22.9. The van der Waals surface area contributed by atoms with Crippen LogP contribution in [-0.2, 0) is 0 Å². The van der Waals surface area contributed by atoms with Gasteiger partial charge in [0, 0.05) is 5.69 Å². The number of nitrogens with zero attached hydrogens (tertiary/aromatic N) is 2. The Bertz CT molecular complexity index is 1120. The third-order valence-corrected chi connectivity index (χ3v) is 4.26. The maximum atomic E-state index is 11.5. The number of para-hydroxylation sites is 1. The molecular formula is C22H17N3O4. The highest BCUT2D eigenvalue weighted by Gasteiger charge is 2.22. The minimum Gasteiger partial charge on any atom is -0.398 e. The van der Waals surface area contributed by atoms with Crippen molar-refractivity contribution in [2.24, 2.45) is 0 Å². The van der Waals surface area contributed by atoms with Crippen molar-refractivity contribution in [1.29, 1.82) is 0 Å². The van der Waals surface area contributed by atoms with Crippen LogP contribution < -0.4 is 5.73 Å². The average molecular weight is 387 g/mol. The van der Waals surface area contributed by atoms with Gasteiger partial charge in [0.15, 0.2) is 0 Å². The van der Waals surface area contributed by atoms with Crippen LogP contribution in [0.15, 0.2) is 66.7 Å². The lowest BCUT2D eigenvalue weighted by Gasteiger charge is -2.04. The van der Waals surface area contributed by atoms with Crippen LogP contribution in [0.4, 0.5) is 17.1 Å². The molecule has 29 heavy (non-hydrogen) atoms. The lowest BCUT2D eigenvalue weighted by Crippen LogP contribution is -1.98. The third kappa shape index (κ3) is 4.72. The van der Waals surface area contributed by atoms with Crippen molar-refractivity contribution < 1.29 is 9.85 Å². The van der Waals surface area contributed by atoms with Crippen LogP contribution in [-0.4, -0.2) is 9.85 Å². The number of nitrogen functional groups attached to an aromatic ring is 1. The number of benzene rings is 3. The molecule has 0 amide bonds. The van der Waals surface area contributed by atoms with Gasteiger partial charge in [-0.1, -0.05) is 60.7 Å². The van der Waals surface area contributed by atoms with Crippen molar-refractivity contribution in [3.8, 4) is 0 Å². The maximum Gasteiger partial charge on any atom is 0.283 e. The van der Waals surface area contributed by atoms with Crippen LogP contribution in [0.25, 0.3) is 24.3 Å². The van der Waals surface area contributed by atoms with Crippen molar-refractivity contribution in [1.82, 2.24) is 0 Å². The van der Waals surface area contributed by atoms with Crippen molar-refractivity contribution in [2.75, 3.05) is 5.73 Å². The van der Waals surface area contributed by atoms with E-state index >= 15 is 0 Å². The number of rotatable bonds is 6. The molecule has 0 saturated heterocycles. The van der Waals surface area contributed by atoms with Crippen molar-refractivity contribution in [3.05, 3.63) is 109 Å². The van der Waals surface area contributed by atoms with Gasteiger partial charge in [-0.05, 0) is 35.4 Å². The van der Waals surface area contributed by atoms with Crippen LogP contribution in [0.5, 0.6) is 0 Å². The molecule has 0 fully saturated rings. The third-order valence-electron chi connectivity index (χ3n) is 4.26. The molecule has 0 unspecified atom stereocenters. The summed E-state index contributed by atoms with van der Waals surface area (Å²) in [7, 11) is 0. The summed E-state index contributed by atoms with van der Waals surface area (Å²) in [6.07, 6.45) is 6.48. The van der Waals surface area contributed by atoms with E-state index in [0.29, 0.717) is 11.3 Å². The Hall–Kier alpha value is -4.26. The topological polar surface area (TPSA) is 112 Å². The SMILES string of the molecule is Nc1ccccc1C=Cc1cc(C=Cc2ccccc2)c([N+](=O)[O-])cc1[N+](=O)[O-]. The largest absolute Gasteiger partial charge is 0.398 e. The summed E-state index contributed by atoms with van der Waals surface area (Å²) >= 11 is 0. The second kappa shape index (κ2) is 8.62. The smallest absolute Gasteiger partial charge is 0.283 e. The first-order valence-corrected chi connectivity index (χ1v) is 8.68. The van der Waals surface area contributed by atoms with E-state index in [1.54, 1.807) is 42.5 Å². The van der Waals surface area contributed by atoms with Gasteiger partial charge in [0.2, 0.25) is 0 Å². The Morgan fingerprint density at radius 1 is 0.655 bits per heavy atom. The molecule has 0 aliphatic heterocycles. The number of nitrogens with two attached hydrogens (primary N) is 1. The molecule has 0 aromatic heterocycles. The van der Waals surface area contributed by atoms with Gasteiger partial charge in [-0.15, -0.1) is 0 Å². The van der Waals surface area contributed by atoms with Crippen LogP contribution in [0.2, 0.25) is 0 Å². The van der Waals surface area contributed by atoms with E-state index in [1.807, 2.05) is 30.3 Å². The van der Waals surface area contributed by atoms with Gasteiger partial charge in [-0.2, -0.15) is 0 Å². The number of nitro groups is 2. The fourth-order valence-electron chi connectivity index (χ4n) is 2.79. The molecular weight excluding hydrogens is 370 g/mol. The summed E-state index contributed by atoms with van der Waals surface area (Å²) in [5.74, 6) is 0. The predicted molar refractivity (Wildman–Crippen MR) is 115 cm³/mol. The number of hydrogen-bond donors (Lipinski definition) is 1. The Morgan fingerprint density at radius 3 is 1.76 bits per heavy atom. The van der Waals surface area contributed by atoms with Gasteiger partial charge in [0.1, 0.15) is 0 Å². The lowest BCUT2D eigenvalue weighted by atomic mass is 10.0. The molecule has 0 radical (unpaired) electrons. The molecule has 0 bridgehead atoms. The van der Waals surface area contributed by atoms with Crippen molar-refractivity contribution in [2.45, 2.75) is 0 Å². The van der Waals surface area contributed by atoms with E-state index in [4.69, 9.17) is 5.73 Å². The quantitative estimate of drug-likeness (QED) is 0.262. The highest BCUT2D eigenvalue weighted by molar-refractivity contribution is 5.83. The van der Waals surface area contributed by atoms with Crippen LogP contribution in [0.3, 0.4) is 0 Å². The summed E-state index contributed by atoms with van der Waals surface area (Å²) in [6.45, 7) is 0. The van der Waals surface area contributed by atoms with Gasteiger partial charge in [-0.25, -0.2) is 0 Å². The molecule has 3 rings (SSSR count). The number of hydrogen-bond acceptors (Lipinski definition) is 5. The van der Waals surface area contributed by atoms with Crippen molar-refractivity contribution in [3.63, 3.8) is 0 Å². The molecule has 0 spiro atoms. The zero-order valence-electron chi connectivity index (χ0n) is 15.3. The molecule has 7 nitrogen and oxygen atoms in total. The first kappa shape index (κ1) is 19.5. The molecule has 0 saturated carbocycles. The minimum absolute atomic E-state index is 0.247. The predicted octanol–water partition coefficient (Wildman–Crippen LogP) is 5.43. The molecule has 3 aromatic carbocycles. The average Bonchev–Trinajstić information content (AvgIpc) is 2.71. The standard InChI is InChI=1S/C22H17N3O4/c23-20-9-5-4-8-17(20)12-13-19-14-18(11-10-16-6-2-1-3-7-16)21(24(26)27)15-22(19)25(28)29/h1-15H,23H2. The van der Waals surface area contributed by atoms with Crippen molar-refractivity contribution >= 4 is 41.4 Å². The minimum atomic E-state index is -0.633. The van der Waals surface area contributed by atoms with E-state index in [2.05, 4.69) is 0 Å². The molecule has 0 atom stereocenters. The normalized spacial score (nSPS) is 11.2. The zero-order valence-corrected chi connectivity index (χ0v) is 15.3. The first-order chi connectivity index (χ1) is 14.0. The molecule has 0 aliphatic carbocycles. The van der Waals surface area contributed by atoms with Gasteiger partial charge in [-0.3, -0.25) is 20.2 Å². The first-order valence-electron chi connectivity index (χ1n) is 8.68. The van der Waals surface area contributed by atoms with E-state index in [-0.39, 0.29) is 22.5 Å². The summed E-state index contributed by atoms with van der Waals surface area (Å²) < 4.78 is 0. The summed E-state index contributed by atoms with van der Waals surface area (Å²) in [6, 6.07) is 18.8. The van der Waals surface area contributed by atoms with E-state index in [1.165, 1.54) is 12.1 Å². The Morgan fingerprint density at radius 2 is 1.17 bits per heavy atom. The fraction of sp³-hybridized carbons (Fsp3) is 0. The molecule has 144 valence electrons. The maximum absolute atomic E-state index is 11.5. The highest BCUT2D eigenvalue weighted by atomic mass is 16.6. The van der Waals surface area contributed by atoms with Crippen LogP contribution in [0, 0.1) is 20.2 Å².